The SMILES string of the molecule is CC1CCCC(O)(CNC(=O)Cn2ccc([N+](=O)[O-])n2)C1. The lowest BCUT2D eigenvalue weighted by Crippen LogP contribution is -2.46. The van der Waals surface area contributed by atoms with Crippen LogP contribution in [0.25, 0.3) is 0 Å². The van der Waals surface area contributed by atoms with E-state index in [9.17, 15) is 20.0 Å². The predicted octanol–water partition coefficient (Wildman–Crippen LogP) is 0.849. The fraction of sp³-hybridized carbons (Fsp3) is 0.692. The number of nitro groups is 1. The first kappa shape index (κ1) is 15.4. The summed E-state index contributed by atoms with van der Waals surface area (Å²) in [6.07, 6.45) is 4.81. The van der Waals surface area contributed by atoms with Crippen molar-refractivity contribution in [3.63, 3.8) is 0 Å². The second-order valence-corrected chi connectivity index (χ2v) is 5.83. The lowest BCUT2D eigenvalue weighted by molar-refractivity contribution is -0.389. The Morgan fingerprint density at radius 3 is 3.10 bits per heavy atom. The molecule has 0 aromatic carbocycles. The van der Waals surface area contributed by atoms with E-state index in [0.29, 0.717) is 18.8 Å². The zero-order valence-electron chi connectivity index (χ0n) is 12.0. The molecule has 1 aliphatic carbocycles. The quantitative estimate of drug-likeness (QED) is 0.618. The van der Waals surface area contributed by atoms with Gasteiger partial charge >= 0.3 is 5.82 Å². The maximum absolute atomic E-state index is 11.8. The van der Waals surface area contributed by atoms with Crippen LogP contribution in [0.2, 0.25) is 0 Å². The number of aromatic nitrogens is 2. The molecule has 116 valence electrons. The van der Waals surface area contributed by atoms with Gasteiger partial charge in [0, 0.05) is 6.54 Å². The Balaban J connectivity index is 1.82. The van der Waals surface area contributed by atoms with Crippen LogP contribution >= 0.6 is 0 Å². The molecule has 1 fully saturated rings. The van der Waals surface area contributed by atoms with Crippen molar-refractivity contribution < 1.29 is 14.8 Å². The summed E-state index contributed by atoms with van der Waals surface area (Å²) in [5, 5.41) is 27.3. The average Bonchev–Trinajstić information content (AvgIpc) is 2.85. The molecule has 0 spiro atoms. The van der Waals surface area contributed by atoms with Gasteiger partial charge < -0.3 is 20.5 Å². The van der Waals surface area contributed by atoms with Crippen LogP contribution in [0.1, 0.15) is 32.6 Å². The maximum atomic E-state index is 11.8. The van der Waals surface area contributed by atoms with Crippen LogP contribution in [0, 0.1) is 16.0 Å². The lowest BCUT2D eigenvalue weighted by Gasteiger charge is -2.35. The van der Waals surface area contributed by atoms with E-state index in [2.05, 4.69) is 17.3 Å². The Morgan fingerprint density at radius 2 is 2.48 bits per heavy atom. The number of nitrogens with zero attached hydrogens (tertiary/aromatic N) is 3. The van der Waals surface area contributed by atoms with Crippen LogP contribution in [0.4, 0.5) is 5.82 Å². The number of carbonyl (C=O) groups excluding carboxylic acids is 1. The van der Waals surface area contributed by atoms with Crippen molar-refractivity contribution in [2.75, 3.05) is 6.54 Å². The molecular weight excluding hydrogens is 276 g/mol. The molecule has 2 N–H and O–H groups in total. The molecule has 8 heteroatoms. The number of nitrogens with one attached hydrogen (secondary N) is 1. The Kier molecular flexibility index (Phi) is 4.56. The Labute approximate surface area is 122 Å². The van der Waals surface area contributed by atoms with E-state index >= 15 is 0 Å². The molecule has 0 saturated heterocycles. The molecule has 1 heterocycles. The van der Waals surface area contributed by atoms with E-state index in [0.717, 1.165) is 12.8 Å². The zero-order valence-corrected chi connectivity index (χ0v) is 12.0. The van der Waals surface area contributed by atoms with Crippen LogP contribution in [0.5, 0.6) is 0 Å². The first-order valence-corrected chi connectivity index (χ1v) is 7.05. The highest BCUT2D eigenvalue weighted by Gasteiger charge is 2.32. The molecule has 1 aromatic heterocycles. The molecule has 1 saturated carbocycles. The number of hydrogen-bond donors (Lipinski definition) is 2. The van der Waals surface area contributed by atoms with E-state index in [1.165, 1.54) is 16.9 Å². The number of amides is 1. The lowest BCUT2D eigenvalue weighted by atomic mass is 9.79. The Hall–Kier alpha value is -1.96. The van der Waals surface area contributed by atoms with Crippen molar-refractivity contribution in [3.8, 4) is 0 Å². The van der Waals surface area contributed by atoms with Gasteiger partial charge in [-0.1, -0.05) is 19.8 Å². The first-order chi connectivity index (χ1) is 9.88. The Bertz CT molecular complexity index is 530. The van der Waals surface area contributed by atoms with E-state index in [-0.39, 0.29) is 24.8 Å². The molecule has 1 aliphatic rings. The second-order valence-electron chi connectivity index (χ2n) is 5.83. The molecule has 0 aliphatic heterocycles. The third-order valence-corrected chi connectivity index (χ3v) is 3.80. The van der Waals surface area contributed by atoms with Crippen molar-refractivity contribution in [3.05, 3.63) is 22.4 Å². The summed E-state index contributed by atoms with van der Waals surface area (Å²) in [5.74, 6) is -0.156. The van der Waals surface area contributed by atoms with Crippen LogP contribution < -0.4 is 5.32 Å². The molecule has 2 rings (SSSR count). The van der Waals surface area contributed by atoms with Crippen LogP contribution in [-0.2, 0) is 11.3 Å². The van der Waals surface area contributed by atoms with Gasteiger partial charge in [0.05, 0.1) is 23.0 Å². The van der Waals surface area contributed by atoms with Gasteiger partial charge in [-0.25, -0.2) is 0 Å². The van der Waals surface area contributed by atoms with Crippen LogP contribution in [0.15, 0.2) is 12.3 Å². The van der Waals surface area contributed by atoms with E-state index in [1.54, 1.807) is 0 Å². The van der Waals surface area contributed by atoms with E-state index < -0.39 is 10.5 Å². The summed E-state index contributed by atoms with van der Waals surface area (Å²) in [5.41, 5.74) is -0.844. The van der Waals surface area contributed by atoms with Gasteiger partial charge in [0.1, 0.15) is 6.54 Å². The summed E-state index contributed by atoms with van der Waals surface area (Å²) < 4.78 is 1.21. The van der Waals surface area contributed by atoms with Crippen LogP contribution in [0.3, 0.4) is 0 Å². The minimum atomic E-state index is -0.844. The van der Waals surface area contributed by atoms with Crippen LogP contribution in [-0.4, -0.2) is 37.9 Å². The van der Waals surface area contributed by atoms with Gasteiger partial charge in [-0.15, -0.1) is 0 Å². The molecule has 0 bridgehead atoms. The monoisotopic (exact) mass is 296 g/mol. The number of carbonyl (C=O) groups is 1. The average molecular weight is 296 g/mol. The molecule has 1 aromatic rings. The molecule has 2 unspecified atom stereocenters. The zero-order chi connectivity index (χ0) is 15.5. The summed E-state index contributed by atoms with van der Waals surface area (Å²) in [4.78, 5) is 21.7. The normalized spacial score (nSPS) is 25.5. The van der Waals surface area contributed by atoms with Gasteiger partial charge in [-0.3, -0.25) is 4.79 Å². The Morgan fingerprint density at radius 1 is 1.71 bits per heavy atom. The molecule has 21 heavy (non-hydrogen) atoms. The number of hydrogen-bond acceptors (Lipinski definition) is 5. The smallest absolute Gasteiger partial charge is 0.388 e. The topological polar surface area (TPSA) is 110 Å². The summed E-state index contributed by atoms with van der Waals surface area (Å²) in [7, 11) is 0. The molecule has 1 amide bonds. The minimum Gasteiger partial charge on any atom is -0.388 e. The van der Waals surface area contributed by atoms with Gasteiger partial charge in [0.15, 0.2) is 0 Å². The standard InChI is InChI=1S/C13H20N4O4/c1-10-3-2-5-13(19,7-10)9-14-12(18)8-16-6-4-11(15-16)17(20)21/h4,6,10,19H,2-3,5,7-9H2,1H3,(H,14,18). The van der Waals surface area contributed by atoms with Gasteiger partial charge in [-0.05, 0) is 23.7 Å². The van der Waals surface area contributed by atoms with Crippen molar-refractivity contribution in [1.29, 1.82) is 0 Å². The molecular formula is C13H20N4O4. The van der Waals surface area contributed by atoms with Gasteiger partial charge in [-0.2, -0.15) is 4.68 Å². The largest absolute Gasteiger partial charge is 0.389 e. The third-order valence-electron chi connectivity index (χ3n) is 3.80. The predicted molar refractivity (Wildman–Crippen MR) is 74.5 cm³/mol. The fourth-order valence-corrected chi connectivity index (χ4v) is 2.80. The van der Waals surface area contributed by atoms with E-state index in [4.69, 9.17) is 0 Å². The molecule has 0 radical (unpaired) electrons. The van der Waals surface area contributed by atoms with E-state index in [1.807, 2.05) is 0 Å². The van der Waals surface area contributed by atoms with Crippen molar-refractivity contribution in [1.82, 2.24) is 15.1 Å². The maximum Gasteiger partial charge on any atom is 0.389 e. The first-order valence-electron chi connectivity index (χ1n) is 7.05. The third kappa shape index (κ3) is 4.25. The summed E-state index contributed by atoms with van der Waals surface area (Å²) >= 11 is 0. The van der Waals surface area contributed by atoms with Gasteiger partial charge in [0.2, 0.25) is 5.91 Å². The van der Waals surface area contributed by atoms with Gasteiger partial charge in [0.25, 0.3) is 0 Å². The number of rotatable bonds is 5. The minimum absolute atomic E-state index is 0.0977. The summed E-state index contributed by atoms with van der Waals surface area (Å²) in [6, 6.07) is 1.24. The van der Waals surface area contributed by atoms with Crippen molar-refractivity contribution in [2.45, 2.75) is 44.8 Å². The summed E-state index contributed by atoms with van der Waals surface area (Å²) in [6.45, 7) is 2.20. The highest BCUT2D eigenvalue weighted by Crippen LogP contribution is 2.31. The van der Waals surface area contributed by atoms with Crippen molar-refractivity contribution >= 4 is 11.7 Å². The second kappa shape index (κ2) is 6.21. The molecule has 8 nitrogen and oxygen atoms in total. The fourth-order valence-electron chi connectivity index (χ4n) is 2.80. The highest BCUT2D eigenvalue weighted by molar-refractivity contribution is 5.75. The number of aliphatic hydroxyl groups is 1. The highest BCUT2D eigenvalue weighted by atomic mass is 16.6. The van der Waals surface area contributed by atoms with Crippen molar-refractivity contribution in [2.24, 2.45) is 5.92 Å². The molecule has 2 atom stereocenters.